The van der Waals surface area contributed by atoms with Gasteiger partial charge in [0.15, 0.2) is 0 Å². The van der Waals surface area contributed by atoms with Crippen molar-refractivity contribution in [2.75, 3.05) is 0 Å². The van der Waals surface area contributed by atoms with Crippen molar-refractivity contribution in [2.45, 2.75) is 19.5 Å². The number of thiazole rings is 1. The first-order valence-electron chi connectivity index (χ1n) is 5.13. The summed E-state index contributed by atoms with van der Waals surface area (Å²) in [5, 5.41) is 7.29. The summed E-state index contributed by atoms with van der Waals surface area (Å²) in [7, 11) is 0. The van der Waals surface area contributed by atoms with E-state index >= 15 is 0 Å². The number of benzene rings is 1. The van der Waals surface area contributed by atoms with E-state index in [0.717, 1.165) is 22.1 Å². The van der Waals surface area contributed by atoms with Crippen molar-refractivity contribution in [2.24, 2.45) is 0 Å². The van der Waals surface area contributed by atoms with Crippen LogP contribution in [-0.2, 0) is 6.54 Å². The van der Waals surface area contributed by atoms with Gasteiger partial charge in [0.05, 0.1) is 0 Å². The highest BCUT2D eigenvalue weighted by atomic mass is 35.5. The van der Waals surface area contributed by atoms with Crippen molar-refractivity contribution in [1.29, 1.82) is 0 Å². The molecule has 1 N–H and O–H groups in total. The molecule has 1 aromatic carbocycles. The fourth-order valence-electron chi connectivity index (χ4n) is 1.52. The molecule has 0 aliphatic heterocycles. The quantitative estimate of drug-likeness (QED) is 0.899. The largest absolute Gasteiger partial charge is 0.304 e. The monoisotopic (exact) mass is 252 g/mol. The van der Waals surface area contributed by atoms with E-state index in [1.807, 2.05) is 35.8 Å². The zero-order chi connectivity index (χ0) is 11.4. The molecule has 1 atom stereocenters. The third-order valence-electron chi connectivity index (χ3n) is 2.41. The lowest BCUT2D eigenvalue weighted by Gasteiger charge is -2.14. The second-order valence-electron chi connectivity index (χ2n) is 3.55. The Morgan fingerprint density at radius 1 is 1.44 bits per heavy atom. The van der Waals surface area contributed by atoms with Gasteiger partial charge in [-0.25, -0.2) is 4.98 Å². The molecule has 0 aliphatic carbocycles. The summed E-state index contributed by atoms with van der Waals surface area (Å²) in [5.41, 5.74) is 1.13. The van der Waals surface area contributed by atoms with Crippen molar-refractivity contribution in [1.82, 2.24) is 10.3 Å². The first-order valence-corrected chi connectivity index (χ1v) is 6.39. The third kappa shape index (κ3) is 2.82. The van der Waals surface area contributed by atoms with Crippen LogP contribution in [0.4, 0.5) is 0 Å². The molecular formula is C12H13ClN2S. The van der Waals surface area contributed by atoms with Gasteiger partial charge in [0.25, 0.3) is 0 Å². The number of hydrogen-bond acceptors (Lipinski definition) is 3. The predicted molar refractivity (Wildman–Crippen MR) is 68.8 cm³/mol. The predicted octanol–water partition coefficient (Wildman–Crippen LogP) is 3.65. The molecule has 4 heteroatoms. The highest BCUT2D eigenvalue weighted by Crippen LogP contribution is 2.22. The van der Waals surface area contributed by atoms with Crippen molar-refractivity contribution in [3.63, 3.8) is 0 Å². The lowest BCUT2D eigenvalue weighted by Crippen LogP contribution is -2.18. The molecule has 0 aliphatic rings. The van der Waals surface area contributed by atoms with Gasteiger partial charge in [0.2, 0.25) is 0 Å². The molecule has 0 bridgehead atoms. The molecule has 1 aromatic heterocycles. The van der Waals surface area contributed by atoms with E-state index in [9.17, 15) is 0 Å². The van der Waals surface area contributed by atoms with Gasteiger partial charge in [-0.1, -0.05) is 29.8 Å². The van der Waals surface area contributed by atoms with Crippen LogP contribution in [0.5, 0.6) is 0 Å². The minimum atomic E-state index is 0.234. The van der Waals surface area contributed by atoms with Crippen molar-refractivity contribution in [3.8, 4) is 0 Å². The topological polar surface area (TPSA) is 24.9 Å². The Labute approximate surface area is 104 Å². The molecule has 0 radical (unpaired) electrons. The molecule has 0 saturated heterocycles. The maximum absolute atomic E-state index is 6.13. The summed E-state index contributed by atoms with van der Waals surface area (Å²) in [6.07, 6.45) is 1.82. The van der Waals surface area contributed by atoms with Gasteiger partial charge < -0.3 is 5.32 Å². The first-order chi connectivity index (χ1) is 7.77. The molecule has 0 spiro atoms. The molecule has 2 aromatic rings. The SMILES string of the molecule is CC(NCc1nccs1)c1ccccc1Cl. The number of halogens is 1. The number of nitrogens with one attached hydrogen (secondary N) is 1. The van der Waals surface area contributed by atoms with E-state index < -0.39 is 0 Å². The van der Waals surface area contributed by atoms with Crippen LogP contribution >= 0.6 is 22.9 Å². The highest BCUT2D eigenvalue weighted by molar-refractivity contribution is 7.09. The van der Waals surface area contributed by atoms with E-state index in [0.29, 0.717) is 0 Å². The lowest BCUT2D eigenvalue weighted by molar-refractivity contribution is 0.573. The van der Waals surface area contributed by atoms with Crippen LogP contribution in [-0.4, -0.2) is 4.98 Å². The van der Waals surface area contributed by atoms with Crippen molar-refractivity contribution in [3.05, 3.63) is 51.4 Å². The first kappa shape index (κ1) is 11.6. The van der Waals surface area contributed by atoms with Gasteiger partial charge in [-0.2, -0.15) is 0 Å². The summed E-state index contributed by atoms with van der Waals surface area (Å²) in [5.74, 6) is 0. The van der Waals surface area contributed by atoms with Crippen LogP contribution in [0.25, 0.3) is 0 Å². The molecule has 2 rings (SSSR count). The molecule has 84 valence electrons. The maximum atomic E-state index is 6.13. The van der Waals surface area contributed by atoms with E-state index in [2.05, 4.69) is 17.2 Å². The fourth-order valence-corrected chi connectivity index (χ4v) is 2.38. The van der Waals surface area contributed by atoms with Gasteiger partial charge in [-0.05, 0) is 18.6 Å². The smallest absolute Gasteiger partial charge is 0.106 e. The van der Waals surface area contributed by atoms with E-state index in [1.165, 1.54) is 0 Å². The molecule has 0 saturated carbocycles. The van der Waals surface area contributed by atoms with Crippen LogP contribution in [0.15, 0.2) is 35.8 Å². The Morgan fingerprint density at radius 2 is 2.25 bits per heavy atom. The Bertz CT molecular complexity index is 442. The zero-order valence-electron chi connectivity index (χ0n) is 8.98. The van der Waals surface area contributed by atoms with Gasteiger partial charge in [0, 0.05) is 29.2 Å². The Kier molecular flexibility index (Phi) is 3.93. The minimum Gasteiger partial charge on any atom is -0.304 e. The molecule has 16 heavy (non-hydrogen) atoms. The summed E-state index contributed by atoms with van der Waals surface area (Å²) in [6.45, 7) is 2.89. The average Bonchev–Trinajstić information content (AvgIpc) is 2.79. The van der Waals surface area contributed by atoms with Crippen molar-refractivity contribution >= 4 is 22.9 Å². The van der Waals surface area contributed by atoms with Crippen LogP contribution in [0.3, 0.4) is 0 Å². The molecular weight excluding hydrogens is 240 g/mol. The molecule has 1 unspecified atom stereocenters. The highest BCUT2D eigenvalue weighted by Gasteiger charge is 2.08. The third-order valence-corrected chi connectivity index (χ3v) is 3.54. The summed E-state index contributed by atoms with van der Waals surface area (Å²) in [6, 6.07) is 8.14. The van der Waals surface area contributed by atoms with Crippen LogP contribution in [0.1, 0.15) is 23.5 Å². The van der Waals surface area contributed by atoms with Gasteiger partial charge in [-0.15, -0.1) is 11.3 Å². The van der Waals surface area contributed by atoms with Crippen molar-refractivity contribution < 1.29 is 0 Å². The van der Waals surface area contributed by atoms with E-state index in [-0.39, 0.29) is 6.04 Å². The van der Waals surface area contributed by atoms with Gasteiger partial charge >= 0.3 is 0 Å². The van der Waals surface area contributed by atoms with Crippen LogP contribution < -0.4 is 5.32 Å². The summed E-state index contributed by atoms with van der Waals surface area (Å²) in [4.78, 5) is 4.23. The standard InChI is InChI=1S/C12H13ClN2S/c1-9(10-4-2-3-5-11(10)13)15-8-12-14-6-7-16-12/h2-7,9,15H,8H2,1H3. The molecule has 0 fully saturated rings. The lowest BCUT2D eigenvalue weighted by atomic mass is 10.1. The molecule has 0 amide bonds. The Hall–Kier alpha value is -0.900. The molecule has 1 heterocycles. The zero-order valence-corrected chi connectivity index (χ0v) is 10.6. The second kappa shape index (κ2) is 5.43. The van der Waals surface area contributed by atoms with Gasteiger partial charge in [-0.3, -0.25) is 0 Å². The summed E-state index contributed by atoms with van der Waals surface area (Å²) >= 11 is 7.78. The number of rotatable bonds is 4. The fraction of sp³-hybridized carbons (Fsp3) is 0.250. The second-order valence-corrected chi connectivity index (χ2v) is 4.94. The maximum Gasteiger partial charge on any atom is 0.106 e. The van der Waals surface area contributed by atoms with Crippen LogP contribution in [0.2, 0.25) is 5.02 Å². The van der Waals surface area contributed by atoms with Gasteiger partial charge in [0.1, 0.15) is 5.01 Å². The average molecular weight is 253 g/mol. The van der Waals surface area contributed by atoms with Crippen LogP contribution in [0, 0.1) is 0 Å². The summed E-state index contributed by atoms with van der Waals surface area (Å²) < 4.78 is 0. The number of nitrogens with zero attached hydrogens (tertiary/aromatic N) is 1. The minimum absolute atomic E-state index is 0.234. The Morgan fingerprint density at radius 3 is 2.94 bits per heavy atom. The van der Waals surface area contributed by atoms with E-state index in [4.69, 9.17) is 11.6 Å². The normalized spacial score (nSPS) is 12.6. The van der Waals surface area contributed by atoms with E-state index in [1.54, 1.807) is 11.3 Å². The number of hydrogen-bond donors (Lipinski definition) is 1. The number of aromatic nitrogens is 1. The molecule has 2 nitrogen and oxygen atoms in total. The Balaban J connectivity index is 1.98.